The average Bonchev–Trinajstić information content (AvgIpc) is 2.21. The molecule has 0 aliphatic heterocycles. The van der Waals surface area contributed by atoms with Gasteiger partial charge < -0.3 is 11.5 Å². The van der Waals surface area contributed by atoms with E-state index in [0.717, 1.165) is 22.6 Å². The summed E-state index contributed by atoms with van der Waals surface area (Å²) >= 11 is 1.87. The van der Waals surface area contributed by atoms with Gasteiger partial charge in [0.15, 0.2) is 0 Å². The van der Waals surface area contributed by atoms with Crippen LogP contribution >= 0.6 is 11.8 Å². The molecular formula is C12H21N3S. The van der Waals surface area contributed by atoms with E-state index in [0.29, 0.717) is 11.7 Å². The van der Waals surface area contributed by atoms with Crippen LogP contribution < -0.4 is 11.5 Å². The molecule has 1 unspecified atom stereocenters. The van der Waals surface area contributed by atoms with Gasteiger partial charge >= 0.3 is 0 Å². The van der Waals surface area contributed by atoms with Gasteiger partial charge in [-0.2, -0.15) is 11.8 Å². The third-order valence-corrected chi connectivity index (χ3v) is 3.73. The fraction of sp³-hybridized carbons (Fsp3) is 0.583. The molecule has 4 heteroatoms. The molecule has 0 bridgehead atoms. The van der Waals surface area contributed by atoms with E-state index in [1.54, 1.807) is 6.20 Å². The summed E-state index contributed by atoms with van der Waals surface area (Å²) in [6, 6.07) is 2.01. The minimum atomic E-state index is -0.0175. The number of aromatic nitrogens is 1. The van der Waals surface area contributed by atoms with Crippen LogP contribution in [0.5, 0.6) is 0 Å². The van der Waals surface area contributed by atoms with Crippen LogP contribution in [0.2, 0.25) is 0 Å². The summed E-state index contributed by atoms with van der Waals surface area (Å²) in [6.07, 6.45) is 1.77. The summed E-state index contributed by atoms with van der Waals surface area (Å²) in [6.45, 7) is 6.42. The van der Waals surface area contributed by atoms with Crippen molar-refractivity contribution >= 4 is 17.6 Å². The second-order valence-corrected chi connectivity index (χ2v) is 5.60. The molecular weight excluding hydrogens is 218 g/mol. The fourth-order valence-electron chi connectivity index (χ4n) is 1.42. The SMILES string of the molecule is Cc1cnc(N)c(C(N)CSCC(C)C)c1. The van der Waals surface area contributed by atoms with E-state index in [1.807, 2.05) is 24.8 Å². The van der Waals surface area contributed by atoms with Crippen molar-refractivity contribution in [1.82, 2.24) is 4.98 Å². The molecule has 0 aromatic carbocycles. The molecule has 1 rings (SSSR count). The number of hydrogen-bond donors (Lipinski definition) is 2. The largest absolute Gasteiger partial charge is 0.383 e. The zero-order valence-corrected chi connectivity index (χ0v) is 11.1. The predicted octanol–water partition coefficient (Wildman–Crippen LogP) is 2.36. The van der Waals surface area contributed by atoms with Crippen LogP contribution in [0.15, 0.2) is 12.3 Å². The molecule has 90 valence electrons. The van der Waals surface area contributed by atoms with Crippen molar-refractivity contribution in [2.45, 2.75) is 26.8 Å². The first-order valence-electron chi connectivity index (χ1n) is 5.56. The van der Waals surface area contributed by atoms with E-state index in [2.05, 4.69) is 18.8 Å². The molecule has 0 aliphatic rings. The van der Waals surface area contributed by atoms with E-state index in [9.17, 15) is 0 Å². The number of hydrogen-bond acceptors (Lipinski definition) is 4. The van der Waals surface area contributed by atoms with Crippen molar-refractivity contribution in [3.05, 3.63) is 23.4 Å². The minimum absolute atomic E-state index is 0.0175. The third-order valence-electron chi connectivity index (χ3n) is 2.23. The lowest BCUT2D eigenvalue weighted by molar-refractivity contribution is 0.746. The van der Waals surface area contributed by atoms with Crippen molar-refractivity contribution in [2.75, 3.05) is 17.2 Å². The Kier molecular flexibility index (Phi) is 5.09. The zero-order valence-electron chi connectivity index (χ0n) is 10.2. The maximum Gasteiger partial charge on any atom is 0.128 e. The Morgan fingerprint density at radius 2 is 2.06 bits per heavy atom. The Balaban J connectivity index is 2.58. The molecule has 4 N–H and O–H groups in total. The Morgan fingerprint density at radius 3 is 2.69 bits per heavy atom. The van der Waals surface area contributed by atoms with Crippen molar-refractivity contribution < 1.29 is 0 Å². The lowest BCUT2D eigenvalue weighted by atomic mass is 10.1. The number of thioether (sulfide) groups is 1. The molecule has 1 heterocycles. The Bertz CT molecular complexity index is 339. The zero-order chi connectivity index (χ0) is 12.1. The van der Waals surface area contributed by atoms with Gasteiger partial charge in [-0.3, -0.25) is 0 Å². The molecule has 0 radical (unpaired) electrons. The van der Waals surface area contributed by atoms with Crippen LogP contribution in [0.1, 0.15) is 31.0 Å². The third kappa shape index (κ3) is 4.02. The summed E-state index contributed by atoms with van der Waals surface area (Å²) in [7, 11) is 0. The first-order chi connectivity index (χ1) is 7.50. The average molecular weight is 239 g/mol. The number of pyridine rings is 1. The topological polar surface area (TPSA) is 64.9 Å². The molecule has 0 aliphatic carbocycles. The van der Waals surface area contributed by atoms with E-state index in [1.165, 1.54) is 0 Å². The Labute approximate surface area is 102 Å². The Hall–Kier alpha value is -0.740. The number of nitrogen functional groups attached to an aromatic ring is 1. The summed E-state index contributed by atoms with van der Waals surface area (Å²) < 4.78 is 0. The van der Waals surface area contributed by atoms with Gasteiger partial charge in [0.2, 0.25) is 0 Å². The second-order valence-electron chi connectivity index (χ2n) is 4.52. The van der Waals surface area contributed by atoms with Gasteiger partial charge in [-0.1, -0.05) is 13.8 Å². The monoisotopic (exact) mass is 239 g/mol. The summed E-state index contributed by atoms with van der Waals surface area (Å²) in [4.78, 5) is 4.13. The van der Waals surface area contributed by atoms with Crippen LogP contribution in [0.3, 0.4) is 0 Å². The smallest absolute Gasteiger partial charge is 0.128 e. The molecule has 0 amide bonds. The highest BCUT2D eigenvalue weighted by Gasteiger charge is 2.11. The van der Waals surface area contributed by atoms with Gasteiger partial charge in [-0.25, -0.2) is 4.98 Å². The molecule has 0 fully saturated rings. The molecule has 0 spiro atoms. The number of aryl methyl sites for hydroxylation is 1. The highest BCUT2D eigenvalue weighted by Crippen LogP contribution is 2.22. The highest BCUT2D eigenvalue weighted by atomic mass is 32.2. The van der Waals surface area contributed by atoms with Crippen LogP contribution in [-0.2, 0) is 0 Å². The quantitative estimate of drug-likeness (QED) is 0.828. The number of anilines is 1. The standard InChI is InChI=1S/C12H21N3S/c1-8(2)6-16-7-11(13)10-4-9(3)5-15-12(10)14/h4-5,8,11H,6-7,13H2,1-3H3,(H2,14,15). The number of rotatable bonds is 5. The van der Waals surface area contributed by atoms with Crippen LogP contribution in [0, 0.1) is 12.8 Å². The number of nitrogens with two attached hydrogens (primary N) is 2. The Morgan fingerprint density at radius 1 is 1.38 bits per heavy atom. The summed E-state index contributed by atoms with van der Waals surface area (Å²) in [5, 5.41) is 0. The highest BCUT2D eigenvalue weighted by molar-refractivity contribution is 7.99. The van der Waals surface area contributed by atoms with Gasteiger partial charge in [-0.05, 0) is 30.2 Å². The van der Waals surface area contributed by atoms with Gasteiger partial charge in [0.05, 0.1) is 0 Å². The molecule has 0 saturated carbocycles. The second kappa shape index (κ2) is 6.11. The van der Waals surface area contributed by atoms with Gasteiger partial charge in [0.1, 0.15) is 5.82 Å². The first-order valence-corrected chi connectivity index (χ1v) is 6.71. The van der Waals surface area contributed by atoms with E-state index in [-0.39, 0.29) is 6.04 Å². The van der Waals surface area contributed by atoms with Crippen molar-refractivity contribution in [1.29, 1.82) is 0 Å². The van der Waals surface area contributed by atoms with E-state index in [4.69, 9.17) is 11.5 Å². The molecule has 16 heavy (non-hydrogen) atoms. The fourth-order valence-corrected chi connectivity index (χ4v) is 2.46. The van der Waals surface area contributed by atoms with Gasteiger partial charge in [0.25, 0.3) is 0 Å². The van der Waals surface area contributed by atoms with Crippen molar-refractivity contribution in [3.8, 4) is 0 Å². The normalized spacial score (nSPS) is 13.1. The summed E-state index contributed by atoms with van der Waals surface area (Å²) in [5.41, 5.74) is 14.0. The lowest BCUT2D eigenvalue weighted by Crippen LogP contribution is -2.16. The number of nitrogens with zero attached hydrogens (tertiary/aromatic N) is 1. The molecule has 1 atom stereocenters. The van der Waals surface area contributed by atoms with Crippen molar-refractivity contribution in [3.63, 3.8) is 0 Å². The van der Waals surface area contributed by atoms with Crippen LogP contribution in [0.25, 0.3) is 0 Å². The van der Waals surface area contributed by atoms with Crippen LogP contribution in [-0.4, -0.2) is 16.5 Å². The van der Waals surface area contributed by atoms with E-state index >= 15 is 0 Å². The van der Waals surface area contributed by atoms with Crippen molar-refractivity contribution in [2.24, 2.45) is 11.7 Å². The lowest BCUT2D eigenvalue weighted by Gasteiger charge is -2.14. The van der Waals surface area contributed by atoms with E-state index < -0.39 is 0 Å². The minimum Gasteiger partial charge on any atom is -0.383 e. The molecule has 1 aromatic heterocycles. The maximum atomic E-state index is 6.11. The van der Waals surface area contributed by atoms with Gasteiger partial charge in [0, 0.05) is 23.6 Å². The summed E-state index contributed by atoms with van der Waals surface area (Å²) in [5.74, 6) is 3.29. The van der Waals surface area contributed by atoms with Gasteiger partial charge in [-0.15, -0.1) is 0 Å². The molecule has 3 nitrogen and oxygen atoms in total. The molecule has 0 saturated heterocycles. The first kappa shape index (κ1) is 13.3. The molecule has 1 aromatic rings. The maximum absolute atomic E-state index is 6.11. The predicted molar refractivity (Wildman–Crippen MR) is 72.5 cm³/mol. The van der Waals surface area contributed by atoms with Crippen LogP contribution in [0.4, 0.5) is 5.82 Å².